The lowest BCUT2D eigenvalue weighted by Gasteiger charge is -2.04. The van der Waals surface area contributed by atoms with Crippen molar-refractivity contribution in [2.45, 2.75) is 32.5 Å². The van der Waals surface area contributed by atoms with Gasteiger partial charge < -0.3 is 14.9 Å². The third kappa shape index (κ3) is 8.66. The number of ether oxygens (including phenoxy) is 1. The summed E-state index contributed by atoms with van der Waals surface area (Å²) >= 11 is 0. The molecule has 2 atom stereocenters. The van der Waals surface area contributed by atoms with E-state index in [1.54, 1.807) is 44.2 Å². The average molecular weight is 258 g/mol. The molecule has 18 heavy (non-hydrogen) atoms. The molecule has 0 saturated heterocycles. The molecule has 0 aliphatic heterocycles. The van der Waals surface area contributed by atoms with Gasteiger partial charge in [-0.25, -0.2) is 9.18 Å². The van der Waals surface area contributed by atoms with Crippen molar-refractivity contribution in [3.63, 3.8) is 0 Å². The molecule has 0 aliphatic rings. The molecular weight excluding hydrogens is 239 g/mol. The number of aliphatic hydroxyl groups excluding tert-OH is 2. The topological polar surface area (TPSA) is 66.8 Å². The number of alkyl halides is 1. The Morgan fingerprint density at radius 2 is 1.72 bits per heavy atom. The largest absolute Gasteiger partial charge is 0.430 e. The van der Waals surface area contributed by atoms with Gasteiger partial charge in [-0.1, -0.05) is 18.2 Å². The van der Waals surface area contributed by atoms with Gasteiger partial charge in [-0.2, -0.15) is 0 Å². The van der Waals surface area contributed by atoms with Crippen LogP contribution in [0.4, 0.5) is 4.39 Å². The van der Waals surface area contributed by atoms with Crippen LogP contribution < -0.4 is 0 Å². The van der Waals surface area contributed by atoms with Crippen LogP contribution in [0.15, 0.2) is 30.3 Å². The summed E-state index contributed by atoms with van der Waals surface area (Å²) in [4.78, 5) is 10.8. The number of rotatable bonds is 4. The maximum atomic E-state index is 11.5. The molecule has 0 fully saturated rings. The smallest absolute Gasteiger partial charge is 0.340 e. The summed E-state index contributed by atoms with van der Waals surface area (Å²) in [6.07, 6.45) is -0.278. The number of halogens is 1. The van der Waals surface area contributed by atoms with E-state index in [9.17, 15) is 9.18 Å². The Labute approximate surface area is 106 Å². The van der Waals surface area contributed by atoms with Crippen LogP contribution in [-0.2, 0) is 4.74 Å². The van der Waals surface area contributed by atoms with Crippen molar-refractivity contribution < 1.29 is 24.1 Å². The van der Waals surface area contributed by atoms with Crippen molar-refractivity contribution in [2.24, 2.45) is 0 Å². The van der Waals surface area contributed by atoms with Gasteiger partial charge >= 0.3 is 5.97 Å². The van der Waals surface area contributed by atoms with Crippen molar-refractivity contribution in [3.05, 3.63) is 35.9 Å². The minimum atomic E-state index is -1.08. The van der Waals surface area contributed by atoms with Crippen LogP contribution in [0.1, 0.15) is 30.6 Å². The highest BCUT2D eigenvalue weighted by atomic mass is 19.1. The molecule has 0 bridgehead atoms. The van der Waals surface area contributed by atoms with E-state index in [1.165, 1.54) is 0 Å². The fourth-order valence-electron chi connectivity index (χ4n) is 1.20. The van der Waals surface area contributed by atoms with Crippen molar-refractivity contribution in [2.75, 3.05) is 6.86 Å². The van der Waals surface area contributed by atoms with E-state index in [4.69, 9.17) is 10.2 Å². The molecule has 1 aromatic carbocycles. The van der Waals surface area contributed by atoms with Gasteiger partial charge in [0.05, 0.1) is 17.8 Å². The minimum Gasteiger partial charge on any atom is -0.430 e. The maximum Gasteiger partial charge on any atom is 0.340 e. The van der Waals surface area contributed by atoms with Gasteiger partial charge in [0.15, 0.2) is 0 Å². The lowest BCUT2D eigenvalue weighted by Crippen LogP contribution is -2.10. The fourth-order valence-corrected chi connectivity index (χ4v) is 1.20. The van der Waals surface area contributed by atoms with Gasteiger partial charge in [-0.3, -0.25) is 0 Å². The molecule has 102 valence electrons. The number of carbonyl (C=O) groups is 1. The molecule has 5 heteroatoms. The van der Waals surface area contributed by atoms with Gasteiger partial charge in [0.25, 0.3) is 0 Å². The number of hydrogen-bond acceptors (Lipinski definition) is 4. The Balaban J connectivity index is 0.000000360. The summed E-state index contributed by atoms with van der Waals surface area (Å²) in [5.41, 5.74) is 0.366. The van der Waals surface area contributed by atoms with Crippen LogP contribution in [-0.4, -0.2) is 35.3 Å². The van der Waals surface area contributed by atoms with Crippen LogP contribution >= 0.6 is 0 Å². The quantitative estimate of drug-likeness (QED) is 0.810. The molecule has 2 unspecified atom stereocenters. The molecule has 0 radical (unpaired) electrons. The van der Waals surface area contributed by atoms with Crippen molar-refractivity contribution >= 4 is 5.97 Å². The van der Waals surface area contributed by atoms with Crippen molar-refractivity contribution in [3.8, 4) is 0 Å². The highest BCUT2D eigenvalue weighted by Crippen LogP contribution is 2.00. The Kier molecular flexibility index (Phi) is 8.78. The highest BCUT2D eigenvalue weighted by Gasteiger charge is 2.03. The first kappa shape index (κ1) is 16.5. The minimum absolute atomic E-state index is 0.366. The normalized spacial score (nSPS) is 12.9. The summed E-state index contributed by atoms with van der Waals surface area (Å²) in [6.45, 7) is 2.24. The monoisotopic (exact) mass is 258 g/mol. The number of carbonyl (C=O) groups excluding carboxylic acids is 1. The maximum absolute atomic E-state index is 11.5. The van der Waals surface area contributed by atoms with E-state index >= 15 is 0 Å². The Bertz CT molecular complexity index is 319. The first-order valence-electron chi connectivity index (χ1n) is 5.61. The van der Waals surface area contributed by atoms with Crippen molar-refractivity contribution in [1.29, 1.82) is 0 Å². The highest BCUT2D eigenvalue weighted by molar-refractivity contribution is 5.89. The van der Waals surface area contributed by atoms with E-state index in [0.717, 1.165) is 0 Å². The Morgan fingerprint density at radius 1 is 1.22 bits per heavy atom. The zero-order valence-electron chi connectivity index (χ0n) is 10.5. The fraction of sp³-hybridized carbons (Fsp3) is 0.462. The van der Waals surface area contributed by atoms with Gasteiger partial charge in [0.2, 0.25) is 6.86 Å². The predicted octanol–water partition coefficient (Wildman–Crippen LogP) is 1.91. The molecule has 0 amide bonds. The standard InChI is InChI=1S/C8H7FO2.C5H12O2/c9-6-11-8(10)7-4-2-1-3-5-7;1-4(6)3-5(2)7/h1-5H,6H2;4-7H,3H2,1-2H3. The molecular formula is C13H19FO4. The third-order valence-corrected chi connectivity index (χ3v) is 1.88. The SMILES string of the molecule is CC(O)CC(C)O.O=C(OCF)c1ccccc1. The predicted molar refractivity (Wildman–Crippen MR) is 65.8 cm³/mol. The van der Waals surface area contributed by atoms with Crippen LogP contribution in [0.3, 0.4) is 0 Å². The van der Waals surface area contributed by atoms with E-state index in [2.05, 4.69) is 4.74 Å². The van der Waals surface area contributed by atoms with Gasteiger partial charge in [0.1, 0.15) is 0 Å². The van der Waals surface area contributed by atoms with Crippen LogP contribution in [0.5, 0.6) is 0 Å². The lowest BCUT2D eigenvalue weighted by molar-refractivity contribution is 0.0324. The second kappa shape index (κ2) is 9.56. The number of hydrogen-bond donors (Lipinski definition) is 2. The molecule has 1 aromatic rings. The first-order chi connectivity index (χ1) is 8.47. The van der Waals surface area contributed by atoms with Gasteiger partial charge in [-0.05, 0) is 32.4 Å². The van der Waals surface area contributed by atoms with E-state index in [0.29, 0.717) is 12.0 Å². The zero-order valence-corrected chi connectivity index (χ0v) is 10.5. The third-order valence-electron chi connectivity index (χ3n) is 1.88. The summed E-state index contributed by atoms with van der Waals surface area (Å²) in [7, 11) is 0. The lowest BCUT2D eigenvalue weighted by atomic mass is 10.2. The van der Waals surface area contributed by atoms with Gasteiger partial charge in [0, 0.05) is 0 Å². The Hall–Kier alpha value is -1.46. The molecule has 0 aromatic heterocycles. The second-order valence-corrected chi connectivity index (χ2v) is 3.84. The Morgan fingerprint density at radius 3 is 2.06 bits per heavy atom. The number of esters is 1. The molecule has 0 spiro atoms. The zero-order chi connectivity index (χ0) is 14.0. The molecule has 2 N–H and O–H groups in total. The number of aliphatic hydroxyl groups is 2. The summed E-state index contributed by atoms with van der Waals surface area (Å²) in [5.74, 6) is -0.631. The first-order valence-corrected chi connectivity index (χ1v) is 5.61. The summed E-state index contributed by atoms with van der Waals surface area (Å²) in [5, 5.41) is 17.1. The van der Waals surface area contributed by atoms with Crippen LogP contribution in [0.2, 0.25) is 0 Å². The van der Waals surface area contributed by atoms with E-state index in [1.807, 2.05) is 0 Å². The molecule has 1 rings (SSSR count). The van der Waals surface area contributed by atoms with Gasteiger partial charge in [-0.15, -0.1) is 0 Å². The number of benzene rings is 1. The van der Waals surface area contributed by atoms with Crippen molar-refractivity contribution in [1.82, 2.24) is 0 Å². The summed E-state index contributed by atoms with van der Waals surface area (Å²) in [6, 6.07) is 8.28. The second-order valence-electron chi connectivity index (χ2n) is 3.84. The molecule has 0 aliphatic carbocycles. The van der Waals surface area contributed by atoms with Crippen LogP contribution in [0, 0.1) is 0 Å². The molecule has 4 nitrogen and oxygen atoms in total. The summed E-state index contributed by atoms with van der Waals surface area (Å²) < 4.78 is 15.6. The van der Waals surface area contributed by atoms with Crippen LogP contribution in [0.25, 0.3) is 0 Å². The average Bonchev–Trinajstić information content (AvgIpc) is 2.29. The van der Waals surface area contributed by atoms with E-state index in [-0.39, 0.29) is 12.2 Å². The molecule has 0 saturated carbocycles. The van der Waals surface area contributed by atoms with E-state index < -0.39 is 12.8 Å². The molecule has 0 heterocycles.